The van der Waals surface area contributed by atoms with Crippen LogP contribution in [0.25, 0.3) is 11.0 Å². The molecule has 1 aromatic carbocycles. The van der Waals surface area contributed by atoms with E-state index in [2.05, 4.69) is 25.5 Å². The molecule has 0 atom stereocenters. The molecular formula is C13H12Cl2N6. The number of hydrogen-bond acceptors (Lipinski definition) is 5. The van der Waals surface area contributed by atoms with Crippen molar-refractivity contribution < 1.29 is 0 Å². The highest BCUT2D eigenvalue weighted by Gasteiger charge is 2.08. The molecule has 108 valence electrons. The highest BCUT2D eigenvalue weighted by Crippen LogP contribution is 2.22. The van der Waals surface area contributed by atoms with Crippen molar-refractivity contribution in [2.45, 2.75) is 6.42 Å². The Morgan fingerprint density at radius 1 is 1.24 bits per heavy atom. The summed E-state index contributed by atoms with van der Waals surface area (Å²) in [5.74, 6) is 0.843. The van der Waals surface area contributed by atoms with Gasteiger partial charge >= 0.3 is 0 Å². The minimum absolute atomic E-state index is 0.193. The number of nitrogens with two attached hydrogens (primary N) is 1. The lowest BCUT2D eigenvalue weighted by Crippen LogP contribution is -2.08. The molecule has 3 rings (SSSR count). The van der Waals surface area contributed by atoms with E-state index in [9.17, 15) is 0 Å². The standard InChI is InChI=1S/C13H12Cl2N6/c14-8-2-1-7(10(15)5-8)3-4-17-11-9-6-18-21-12(9)20-13(16)19-11/h1-2,5-6H,3-4H2,(H4,16,17,18,19,20,21). The second-order valence-electron chi connectivity index (χ2n) is 4.48. The number of anilines is 2. The molecular weight excluding hydrogens is 311 g/mol. The van der Waals surface area contributed by atoms with Gasteiger partial charge in [-0.1, -0.05) is 29.3 Å². The number of hydrogen-bond donors (Lipinski definition) is 3. The van der Waals surface area contributed by atoms with E-state index in [1.165, 1.54) is 0 Å². The SMILES string of the molecule is Nc1nc(NCCc2ccc(Cl)cc2Cl)c2cn[nH]c2n1. The van der Waals surface area contributed by atoms with E-state index in [-0.39, 0.29) is 5.95 Å². The zero-order chi connectivity index (χ0) is 14.8. The van der Waals surface area contributed by atoms with Crippen LogP contribution in [0.5, 0.6) is 0 Å². The molecule has 0 bridgehead atoms. The summed E-state index contributed by atoms with van der Waals surface area (Å²) >= 11 is 12.0. The van der Waals surface area contributed by atoms with E-state index >= 15 is 0 Å². The fourth-order valence-corrected chi connectivity index (χ4v) is 2.53. The number of nitrogen functional groups attached to an aromatic ring is 1. The maximum Gasteiger partial charge on any atom is 0.224 e. The molecule has 0 amide bonds. The minimum atomic E-state index is 0.193. The third kappa shape index (κ3) is 3.01. The first-order valence-corrected chi connectivity index (χ1v) is 7.03. The molecule has 4 N–H and O–H groups in total. The second kappa shape index (κ2) is 5.75. The van der Waals surface area contributed by atoms with Gasteiger partial charge in [-0.25, -0.2) is 0 Å². The van der Waals surface area contributed by atoms with Gasteiger partial charge in [-0.15, -0.1) is 0 Å². The molecule has 8 heteroatoms. The second-order valence-corrected chi connectivity index (χ2v) is 5.32. The smallest absolute Gasteiger partial charge is 0.224 e. The van der Waals surface area contributed by atoms with Crippen LogP contribution in [0, 0.1) is 0 Å². The Labute approximate surface area is 130 Å². The molecule has 3 aromatic rings. The molecule has 0 radical (unpaired) electrons. The van der Waals surface area contributed by atoms with E-state index in [1.54, 1.807) is 12.3 Å². The predicted octanol–water partition coefficient (Wildman–Crippen LogP) is 2.90. The summed E-state index contributed by atoms with van der Waals surface area (Å²) in [6.07, 6.45) is 2.39. The third-order valence-corrected chi connectivity index (χ3v) is 3.62. The van der Waals surface area contributed by atoms with Gasteiger partial charge in [0.1, 0.15) is 5.82 Å². The van der Waals surface area contributed by atoms with Crippen molar-refractivity contribution in [2.24, 2.45) is 0 Å². The molecule has 0 spiro atoms. The number of fused-ring (bicyclic) bond motifs is 1. The van der Waals surface area contributed by atoms with Crippen LogP contribution in [-0.2, 0) is 6.42 Å². The van der Waals surface area contributed by atoms with Crippen LogP contribution in [0.4, 0.5) is 11.8 Å². The van der Waals surface area contributed by atoms with Gasteiger partial charge in [0.2, 0.25) is 5.95 Å². The number of aromatic nitrogens is 4. The fourth-order valence-electron chi connectivity index (χ4n) is 2.03. The normalized spacial score (nSPS) is 11.0. The van der Waals surface area contributed by atoms with Crippen LogP contribution in [-0.4, -0.2) is 26.7 Å². The van der Waals surface area contributed by atoms with Gasteiger partial charge in [-0.2, -0.15) is 15.1 Å². The molecule has 0 unspecified atom stereocenters. The Kier molecular flexibility index (Phi) is 3.81. The maximum atomic E-state index is 6.14. The molecule has 0 aliphatic carbocycles. The summed E-state index contributed by atoms with van der Waals surface area (Å²) in [6.45, 7) is 0.651. The van der Waals surface area contributed by atoms with Crippen LogP contribution >= 0.6 is 23.2 Å². The number of nitrogens with one attached hydrogen (secondary N) is 2. The number of H-pyrrole nitrogens is 1. The first-order chi connectivity index (χ1) is 10.1. The monoisotopic (exact) mass is 322 g/mol. The maximum absolute atomic E-state index is 6.14. The summed E-state index contributed by atoms with van der Waals surface area (Å²) in [6, 6.07) is 5.46. The van der Waals surface area contributed by atoms with Crippen LogP contribution in [0.3, 0.4) is 0 Å². The van der Waals surface area contributed by atoms with Crippen molar-refractivity contribution in [3.63, 3.8) is 0 Å². The van der Waals surface area contributed by atoms with Gasteiger partial charge in [0, 0.05) is 16.6 Å². The van der Waals surface area contributed by atoms with E-state index < -0.39 is 0 Å². The molecule has 0 aliphatic rings. The topological polar surface area (TPSA) is 92.5 Å². The molecule has 21 heavy (non-hydrogen) atoms. The average molecular weight is 323 g/mol. The lowest BCUT2D eigenvalue weighted by molar-refractivity contribution is 1.01. The van der Waals surface area contributed by atoms with E-state index in [0.717, 1.165) is 17.4 Å². The molecule has 0 saturated carbocycles. The Bertz CT molecular complexity index is 785. The summed E-state index contributed by atoms with van der Waals surface area (Å²) in [7, 11) is 0. The van der Waals surface area contributed by atoms with Crippen molar-refractivity contribution in [3.8, 4) is 0 Å². The van der Waals surface area contributed by atoms with Gasteiger partial charge in [0.15, 0.2) is 5.65 Å². The molecule has 0 fully saturated rings. The fraction of sp³-hybridized carbons (Fsp3) is 0.154. The van der Waals surface area contributed by atoms with E-state index in [0.29, 0.717) is 28.1 Å². The van der Waals surface area contributed by atoms with Crippen molar-refractivity contribution >= 4 is 46.0 Å². The predicted molar refractivity (Wildman–Crippen MR) is 84.8 cm³/mol. The zero-order valence-corrected chi connectivity index (χ0v) is 12.4. The summed E-state index contributed by atoms with van der Waals surface area (Å²) in [5.41, 5.74) is 7.28. The van der Waals surface area contributed by atoms with Gasteiger partial charge in [-0.3, -0.25) is 5.10 Å². The summed E-state index contributed by atoms with van der Waals surface area (Å²) < 4.78 is 0. The van der Waals surface area contributed by atoms with Crippen LogP contribution in [0.1, 0.15) is 5.56 Å². The molecule has 0 saturated heterocycles. The van der Waals surface area contributed by atoms with Gasteiger partial charge in [0.05, 0.1) is 11.6 Å². The Hall–Kier alpha value is -2.05. The molecule has 2 heterocycles. The quantitative estimate of drug-likeness (QED) is 0.686. The minimum Gasteiger partial charge on any atom is -0.369 e. The summed E-state index contributed by atoms with van der Waals surface area (Å²) in [4.78, 5) is 8.24. The largest absolute Gasteiger partial charge is 0.369 e. The van der Waals surface area contributed by atoms with Gasteiger partial charge in [0.25, 0.3) is 0 Å². The lowest BCUT2D eigenvalue weighted by Gasteiger charge is -2.08. The average Bonchev–Trinajstić information content (AvgIpc) is 2.89. The number of nitrogens with zero attached hydrogens (tertiary/aromatic N) is 3. The first kappa shape index (κ1) is 13.9. The van der Waals surface area contributed by atoms with E-state index in [4.69, 9.17) is 28.9 Å². The highest BCUT2D eigenvalue weighted by molar-refractivity contribution is 6.35. The molecule has 6 nitrogen and oxygen atoms in total. The highest BCUT2D eigenvalue weighted by atomic mass is 35.5. The lowest BCUT2D eigenvalue weighted by atomic mass is 10.1. The van der Waals surface area contributed by atoms with Crippen molar-refractivity contribution in [1.82, 2.24) is 20.2 Å². The number of rotatable bonds is 4. The van der Waals surface area contributed by atoms with Crippen molar-refractivity contribution in [2.75, 3.05) is 17.6 Å². The third-order valence-electron chi connectivity index (χ3n) is 3.03. The number of benzene rings is 1. The van der Waals surface area contributed by atoms with E-state index in [1.807, 2.05) is 12.1 Å². The Morgan fingerprint density at radius 2 is 2.10 bits per heavy atom. The van der Waals surface area contributed by atoms with Gasteiger partial charge < -0.3 is 11.1 Å². The number of aromatic amines is 1. The number of halogens is 2. The first-order valence-electron chi connectivity index (χ1n) is 6.28. The Morgan fingerprint density at radius 3 is 2.90 bits per heavy atom. The molecule has 2 aromatic heterocycles. The van der Waals surface area contributed by atoms with Gasteiger partial charge in [-0.05, 0) is 24.1 Å². The van der Waals surface area contributed by atoms with Crippen molar-refractivity contribution in [3.05, 3.63) is 40.0 Å². The van der Waals surface area contributed by atoms with Crippen LogP contribution in [0.15, 0.2) is 24.4 Å². The zero-order valence-electron chi connectivity index (χ0n) is 10.9. The molecule has 0 aliphatic heterocycles. The Balaban J connectivity index is 1.73. The van der Waals surface area contributed by atoms with Crippen LogP contribution in [0.2, 0.25) is 10.0 Å². The summed E-state index contributed by atoms with van der Waals surface area (Å²) in [5, 5.41) is 12.0. The van der Waals surface area contributed by atoms with Crippen molar-refractivity contribution in [1.29, 1.82) is 0 Å². The van der Waals surface area contributed by atoms with Crippen LogP contribution < -0.4 is 11.1 Å².